The van der Waals surface area contributed by atoms with Gasteiger partial charge in [-0.05, 0) is 108 Å². The third kappa shape index (κ3) is 12.9. The van der Waals surface area contributed by atoms with Gasteiger partial charge in [0.15, 0.2) is 0 Å². The van der Waals surface area contributed by atoms with Crippen LogP contribution < -0.4 is 25.4 Å². The predicted octanol–water partition coefficient (Wildman–Crippen LogP) is 8.63. The monoisotopic (exact) mass is 1050 g/mol. The third-order valence-electron chi connectivity index (χ3n) is 13.3. The summed E-state index contributed by atoms with van der Waals surface area (Å²) in [6.07, 6.45) is 7.60. The average molecular weight is 1050 g/mol. The number of anilines is 3. The number of carbonyl (C=O) groups is 4. The van der Waals surface area contributed by atoms with Gasteiger partial charge in [-0.3, -0.25) is 19.2 Å². The Hall–Kier alpha value is -6.11. The van der Waals surface area contributed by atoms with Crippen LogP contribution in [0.5, 0.6) is 11.5 Å². The minimum atomic E-state index is -0.675. The molecule has 2 atom stereocenters. The van der Waals surface area contributed by atoms with E-state index < -0.39 is 12.1 Å². The molecule has 1 saturated carbocycles. The van der Waals surface area contributed by atoms with Gasteiger partial charge < -0.3 is 44.9 Å². The number of aromatic nitrogens is 3. The highest BCUT2D eigenvalue weighted by atomic mass is 79.9. The number of likely N-dealkylation sites (tertiary alicyclic amines) is 1. The Kier molecular flexibility index (Phi) is 17.6. The van der Waals surface area contributed by atoms with Crippen molar-refractivity contribution in [3.63, 3.8) is 0 Å². The Morgan fingerprint density at radius 2 is 1.76 bits per heavy atom. The van der Waals surface area contributed by atoms with E-state index in [0.29, 0.717) is 94.9 Å². The molecule has 376 valence electrons. The van der Waals surface area contributed by atoms with Gasteiger partial charge in [0, 0.05) is 81.7 Å². The van der Waals surface area contributed by atoms with Gasteiger partial charge in [-0.2, -0.15) is 4.98 Å². The number of fused-ring (bicyclic) bond motifs is 1. The zero-order chi connectivity index (χ0) is 49.9. The largest absolute Gasteiger partial charge is 0.494 e. The molecule has 0 spiro atoms. The van der Waals surface area contributed by atoms with Crippen LogP contribution in [-0.2, 0) is 32.2 Å². The van der Waals surface area contributed by atoms with E-state index in [9.17, 15) is 19.2 Å². The second-order valence-electron chi connectivity index (χ2n) is 18.6. The number of nitrogens with zero attached hydrogens (tertiary/aromatic N) is 6. The Balaban J connectivity index is 0.770. The molecule has 4 heterocycles. The van der Waals surface area contributed by atoms with E-state index in [-0.39, 0.29) is 42.0 Å². The number of thiazole rings is 1. The molecule has 2 fully saturated rings. The second kappa shape index (κ2) is 24.3. The number of ether oxygens (including phenoxy) is 3. The lowest BCUT2D eigenvalue weighted by molar-refractivity contribution is -0.143. The van der Waals surface area contributed by atoms with Gasteiger partial charge in [0.1, 0.15) is 36.0 Å². The Morgan fingerprint density at radius 3 is 2.51 bits per heavy atom. The molecule has 5 aromatic rings. The first kappa shape index (κ1) is 51.3. The Labute approximate surface area is 428 Å². The van der Waals surface area contributed by atoms with Crippen molar-refractivity contribution in [2.45, 2.75) is 90.9 Å². The van der Waals surface area contributed by atoms with E-state index in [0.717, 1.165) is 68.9 Å². The first-order valence-electron chi connectivity index (χ1n) is 24.7. The molecule has 1 aliphatic carbocycles. The summed E-state index contributed by atoms with van der Waals surface area (Å²) >= 11 is 5.09. The summed E-state index contributed by atoms with van der Waals surface area (Å²) in [5.74, 6) is 2.23. The summed E-state index contributed by atoms with van der Waals surface area (Å²) in [7, 11) is 1.88. The maximum Gasteiger partial charge on any atom is 0.255 e. The lowest BCUT2D eigenvalue weighted by Gasteiger charge is -2.35. The fourth-order valence-electron chi connectivity index (χ4n) is 9.19. The van der Waals surface area contributed by atoms with Crippen molar-refractivity contribution < 1.29 is 33.4 Å². The summed E-state index contributed by atoms with van der Waals surface area (Å²) < 4.78 is 19.0. The number of halogens is 1. The third-order valence-corrected chi connectivity index (χ3v) is 14.8. The van der Waals surface area contributed by atoms with Crippen molar-refractivity contribution in [3.05, 3.63) is 105 Å². The molecule has 71 heavy (non-hydrogen) atoms. The van der Waals surface area contributed by atoms with Crippen LogP contribution in [-0.4, -0.2) is 118 Å². The fourth-order valence-corrected chi connectivity index (χ4v) is 10.3. The standard InChI is InChI=1S/C53H64BrN9O7S/c1-34(2)46(63-32-39-11-5-6-14-42(39)51(63)66)52(67)62-24-8-15-44(62)49(64)56-30-38-17-16-37(47-35(3)58-33-71-47)29-45(38)70-28-27-68-25-10-26-69-41-20-18-40(19-21-41)59-53-57-31-43(54)48(60-53)55-22-9-23-61(4)50(65)36-12-7-13-36/h5-6,11,14,16-21,29,31,33-34,36,44,46H,7-10,12-13,15,22-28,30,32H2,1-4H3,(H,56,64)(H2,55,57,59,60)/t44-,46?/m0/s1. The van der Waals surface area contributed by atoms with Crippen LogP contribution in [0.25, 0.3) is 10.4 Å². The molecule has 0 radical (unpaired) electrons. The van der Waals surface area contributed by atoms with E-state index in [1.54, 1.807) is 27.3 Å². The highest BCUT2D eigenvalue weighted by Crippen LogP contribution is 2.34. The summed E-state index contributed by atoms with van der Waals surface area (Å²) in [5.41, 5.74) is 6.86. The number of hydrogen-bond donors (Lipinski definition) is 3. The van der Waals surface area contributed by atoms with Gasteiger partial charge in [0.2, 0.25) is 23.7 Å². The lowest BCUT2D eigenvalue weighted by atomic mass is 9.84. The molecule has 4 amide bonds. The van der Waals surface area contributed by atoms with Crippen LogP contribution in [0.4, 0.5) is 17.5 Å². The number of hydrogen-bond acceptors (Lipinski definition) is 13. The molecule has 8 rings (SSSR count). The van der Waals surface area contributed by atoms with Crippen molar-refractivity contribution >= 4 is 68.3 Å². The first-order chi connectivity index (χ1) is 34.4. The van der Waals surface area contributed by atoms with Gasteiger partial charge in [-0.1, -0.05) is 50.6 Å². The predicted molar refractivity (Wildman–Crippen MR) is 278 cm³/mol. The zero-order valence-electron chi connectivity index (χ0n) is 41.0. The molecule has 16 nitrogen and oxygen atoms in total. The summed E-state index contributed by atoms with van der Waals surface area (Å²) in [5, 5.41) is 9.70. The van der Waals surface area contributed by atoms with Crippen molar-refractivity contribution in [2.24, 2.45) is 11.8 Å². The first-order valence-corrected chi connectivity index (χ1v) is 26.3. The molecule has 18 heteroatoms. The van der Waals surface area contributed by atoms with Gasteiger partial charge in [0.25, 0.3) is 5.91 Å². The highest BCUT2D eigenvalue weighted by Gasteiger charge is 2.44. The maximum absolute atomic E-state index is 14.2. The molecular formula is C53H64BrN9O7S. The highest BCUT2D eigenvalue weighted by molar-refractivity contribution is 9.10. The number of amides is 4. The Morgan fingerprint density at radius 1 is 0.944 bits per heavy atom. The van der Waals surface area contributed by atoms with Crippen molar-refractivity contribution in [2.75, 3.05) is 63.7 Å². The molecule has 1 saturated heterocycles. The van der Waals surface area contributed by atoms with Crippen molar-refractivity contribution in [1.29, 1.82) is 0 Å². The molecule has 3 aromatic carbocycles. The fraction of sp³-hybridized carbons (Fsp3) is 0.453. The maximum atomic E-state index is 14.2. The topological polar surface area (TPSA) is 180 Å². The van der Waals surface area contributed by atoms with E-state index in [2.05, 4.69) is 46.8 Å². The summed E-state index contributed by atoms with van der Waals surface area (Å²) in [6.45, 7) is 9.87. The van der Waals surface area contributed by atoms with E-state index in [1.165, 1.54) is 0 Å². The minimum absolute atomic E-state index is 0.139. The normalized spacial score (nSPS) is 15.9. The lowest BCUT2D eigenvalue weighted by Crippen LogP contribution is -2.55. The van der Waals surface area contributed by atoms with E-state index in [1.807, 2.05) is 105 Å². The van der Waals surface area contributed by atoms with Crippen molar-refractivity contribution in [3.8, 4) is 21.9 Å². The molecule has 2 aromatic heterocycles. The van der Waals surface area contributed by atoms with E-state index >= 15 is 0 Å². The molecule has 3 aliphatic rings. The number of rotatable bonds is 24. The second-order valence-corrected chi connectivity index (χ2v) is 20.4. The number of carbonyl (C=O) groups excluding carboxylic acids is 4. The van der Waals surface area contributed by atoms with Crippen LogP contribution in [0.1, 0.15) is 86.0 Å². The van der Waals surface area contributed by atoms with Crippen LogP contribution in [0.2, 0.25) is 0 Å². The quantitative estimate of drug-likeness (QED) is 0.0502. The van der Waals surface area contributed by atoms with Crippen LogP contribution in [0.15, 0.2) is 82.9 Å². The van der Waals surface area contributed by atoms with E-state index in [4.69, 9.17) is 14.2 Å². The number of benzene rings is 3. The van der Waals surface area contributed by atoms with Crippen LogP contribution >= 0.6 is 27.3 Å². The van der Waals surface area contributed by atoms with Gasteiger partial charge in [-0.15, -0.1) is 11.3 Å². The minimum Gasteiger partial charge on any atom is -0.494 e. The Bertz CT molecular complexity index is 2650. The zero-order valence-corrected chi connectivity index (χ0v) is 43.4. The molecule has 2 aliphatic heterocycles. The molecule has 0 bridgehead atoms. The van der Waals surface area contributed by atoms with Crippen molar-refractivity contribution in [1.82, 2.24) is 35.0 Å². The smallest absolute Gasteiger partial charge is 0.255 e. The average Bonchev–Trinajstić information content (AvgIpc) is 4.10. The summed E-state index contributed by atoms with van der Waals surface area (Å²) in [6, 6.07) is 19.7. The van der Waals surface area contributed by atoms with Gasteiger partial charge >= 0.3 is 0 Å². The van der Waals surface area contributed by atoms with Gasteiger partial charge in [-0.25, -0.2) is 9.97 Å². The SMILES string of the molecule is Cc1ncsc1-c1ccc(CNC(=O)[C@@H]2CCCN2C(=O)C(C(C)C)N2Cc3ccccc3C2=O)c(OCCOCCCOc2ccc(Nc3ncc(Br)c(NCCCN(C)C(=O)C4CCC4)n3)cc2)c1. The van der Waals surface area contributed by atoms with Gasteiger partial charge in [0.05, 0.1) is 33.8 Å². The van der Waals surface area contributed by atoms with Crippen LogP contribution in [0.3, 0.4) is 0 Å². The van der Waals surface area contributed by atoms with Crippen LogP contribution in [0, 0.1) is 18.8 Å². The molecular weight excluding hydrogens is 987 g/mol. The molecule has 3 N–H and O–H groups in total. The number of nitrogens with one attached hydrogen (secondary N) is 3. The number of aryl methyl sites for hydroxylation is 1. The molecule has 1 unspecified atom stereocenters. The summed E-state index contributed by atoms with van der Waals surface area (Å²) in [4.78, 5) is 73.7.